The van der Waals surface area contributed by atoms with Gasteiger partial charge in [-0.05, 0) is 42.3 Å². The van der Waals surface area contributed by atoms with Crippen LogP contribution in [0.15, 0.2) is 42.7 Å². The third-order valence-electron chi connectivity index (χ3n) is 3.08. The summed E-state index contributed by atoms with van der Waals surface area (Å²) in [7, 11) is 0. The molecule has 1 aromatic carbocycles. The molecule has 1 aromatic heterocycles. The van der Waals surface area contributed by atoms with E-state index in [9.17, 15) is 5.11 Å². The molecule has 0 bridgehead atoms. The normalized spacial score (nSPS) is 12.1. The van der Waals surface area contributed by atoms with Gasteiger partial charge in [-0.3, -0.25) is 4.98 Å². The molecule has 0 amide bonds. The van der Waals surface area contributed by atoms with E-state index in [0.717, 1.165) is 5.56 Å². The molecule has 1 unspecified atom stereocenters. The number of nitrogens with one attached hydrogen (secondary N) is 1. The van der Waals surface area contributed by atoms with Gasteiger partial charge in [0.2, 0.25) is 0 Å². The average molecular weight is 307 g/mol. The van der Waals surface area contributed by atoms with Gasteiger partial charge in [0.05, 0.1) is 0 Å². The number of hydrogen-bond donors (Lipinski definition) is 2. The van der Waals surface area contributed by atoms with Crippen molar-refractivity contribution >= 4 is 11.6 Å². The summed E-state index contributed by atoms with van der Waals surface area (Å²) in [5.41, 5.74) is 2.31. The van der Waals surface area contributed by atoms with Gasteiger partial charge >= 0.3 is 0 Å². The van der Waals surface area contributed by atoms with E-state index in [2.05, 4.69) is 10.3 Å². The highest BCUT2D eigenvalue weighted by Crippen LogP contribution is 2.17. The lowest BCUT2D eigenvalue weighted by Crippen LogP contribution is -2.31. The fraction of sp³-hybridized carbons (Fsp3) is 0.312. The van der Waals surface area contributed by atoms with Crippen LogP contribution < -0.4 is 10.1 Å². The summed E-state index contributed by atoms with van der Waals surface area (Å²) in [6.07, 6.45) is 3.02. The van der Waals surface area contributed by atoms with Crippen LogP contribution in [-0.2, 0) is 6.54 Å². The molecule has 2 aromatic rings. The van der Waals surface area contributed by atoms with Crippen LogP contribution >= 0.6 is 11.6 Å². The van der Waals surface area contributed by atoms with Crippen molar-refractivity contribution in [1.29, 1.82) is 0 Å². The van der Waals surface area contributed by atoms with E-state index >= 15 is 0 Å². The van der Waals surface area contributed by atoms with E-state index in [-0.39, 0.29) is 6.61 Å². The zero-order chi connectivity index (χ0) is 15.1. The summed E-state index contributed by atoms with van der Waals surface area (Å²) in [4.78, 5) is 4.09. The van der Waals surface area contributed by atoms with Crippen LogP contribution in [0.3, 0.4) is 0 Å². The van der Waals surface area contributed by atoms with Crippen LogP contribution in [0.4, 0.5) is 0 Å². The second kappa shape index (κ2) is 7.98. The Morgan fingerprint density at radius 2 is 2.24 bits per heavy atom. The zero-order valence-corrected chi connectivity index (χ0v) is 12.7. The van der Waals surface area contributed by atoms with Gasteiger partial charge in [-0.15, -0.1) is 0 Å². The van der Waals surface area contributed by atoms with Gasteiger partial charge in [0.1, 0.15) is 18.5 Å². The van der Waals surface area contributed by atoms with Crippen LogP contribution in [0.2, 0.25) is 5.02 Å². The van der Waals surface area contributed by atoms with Crippen molar-refractivity contribution in [2.45, 2.75) is 19.6 Å². The minimum atomic E-state index is -0.582. The van der Waals surface area contributed by atoms with Crippen LogP contribution in [0.25, 0.3) is 0 Å². The van der Waals surface area contributed by atoms with Gasteiger partial charge in [-0.2, -0.15) is 0 Å². The molecular weight excluding hydrogens is 288 g/mol. The molecule has 0 spiro atoms. The van der Waals surface area contributed by atoms with Crippen molar-refractivity contribution in [3.05, 3.63) is 58.9 Å². The molecule has 112 valence electrons. The lowest BCUT2D eigenvalue weighted by molar-refractivity contribution is 0.106. The molecule has 4 nitrogen and oxygen atoms in total. The number of aliphatic hydroxyl groups excluding tert-OH is 1. The van der Waals surface area contributed by atoms with Crippen molar-refractivity contribution in [3.63, 3.8) is 0 Å². The molecule has 0 radical (unpaired) electrons. The topological polar surface area (TPSA) is 54.4 Å². The summed E-state index contributed by atoms with van der Waals surface area (Å²) >= 11 is 5.87. The van der Waals surface area contributed by atoms with E-state index in [4.69, 9.17) is 16.3 Å². The summed E-state index contributed by atoms with van der Waals surface area (Å²) in [5, 5.41) is 13.7. The Kier molecular flexibility index (Phi) is 5.99. The number of rotatable bonds is 7. The van der Waals surface area contributed by atoms with Crippen molar-refractivity contribution in [2.24, 2.45) is 0 Å². The lowest BCUT2D eigenvalue weighted by atomic mass is 10.1. The highest BCUT2D eigenvalue weighted by atomic mass is 35.5. The predicted octanol–water partition coefficient (Wildman–Crippen LogP) is 2.57. The number of aromatic nitrogens is 1. The molecule has 0 saturated heterocycles. The van der Waals surface area contributed by atoms with E-state index in [1.807, 2.05) is 31.3 Å². The number of ether oxygens (including phenoxy) is 1. The number of pyridine rings is 1. The molecule has 2 rings (SSSR count). The highest BCUT2D eigenvalue weighted by Gasteiger charge is 2.06. The average Bonchev–Trinajstić information content (AvgIpc) is 2.47. The Labute approximate surface area is 129 Å². The van der Waals surface area contributed by atoms with Gasteiger partial charge < -0.3 is 15.2 Å². The van der Waals surface area contributed by atoms with Crippen LogP contribution in [0, 0.1) is 6.92 Å². The Balaban J connectivity index is 1.70. The number of nitrogens with zero attached hydrogens (tertiary/aromatic N) is 1. The maximum Gasteiger partial charge on any atom is 0.120 e. The number of halogens is 1. The molecule has 5 heteroatoms. The molecular formula is C16H19ClN2O2. The number of hydrogen-bond acceptors (Lipinski definition) is 4. The SMILES string of the molecule is Cc1ccncc1CNCC(O)COc1cccc(Cl)c1. The van der Waals surface area contributed by atoms with Crippen molar-refractivity contribution in [3.8, 4) is 5.75 Å². The monoisotopic (exact) mass is 306 g/mol. The van der Waals surface area contributed by atoms with Crippen molar-refractivity contribution in [1.82, 2.24) is 10.3 Å². The Bertz CT molecular complexity index is 578. The third kappa shape index (κ3) is 5.34. The minimum absolute atomic E-state index is 0.222. The zero-order valence-electron chi connectivity index (χ0n) is 11.9. The molecule has 0 saturated carbocycles. The quantitative estimate of drug-likeness (QED) is 0.825. The van der Waals surface area contributed by atoms with Gasteiger partial charge in [-0.25, -0.2) is 0 Å². The fourth-order valence-corrected chi connectivity index (χ4v) is 2.04. The molecule has 0 aliphatic rings. The largest absolute Gasteiger partial charge is 0.491 e. The minimum Gasteiger partial charge on any atom is -0.491 e. The van der Waals surface area contributed by atoms with Gasteiger partial charge in [-0.1, -0.05) is 17.7 Å². The number of aryl methyl sites for hydroxylation is 1. The first kappa shape index (κ1) is 15.8. The molecule has 21 heavy (non-hydrogen) atoms. The predicted molar refractivity (Wildman–Crippen MR) is 83.6 cm³/mol. The summed E-state index contributed by atoms with van der Waals surface area (Å²) in [6, 6.07) is 9.09. The van der Waals surface area contributed by atoms with Crippen LogP contribution in [-0.4, -0.2) is 29.3 Å². The number of aliphatic hydroxyl groups is 1. The summed E-state index contributed by atoms with van der Waals surface area (Å²) in [5.74, 6) is 0.657. The third-order valence-corrected chi connectivity index (χ3v) is 3.32. The van der Waals surface area contributed by atoms with Crippen LogP contribution in [0.5, 0.6) is 5.75 Å². The van der Waals surface area contributed by atoms with Gasteiger partial charge in [0.15, 0.2) is 0 Å². The molecule has 0 aliphatic heterocycles. The molecule has 1 heterocycles. The molecule has 1 atom stereocenters. The van der Waals surface area contributed by atoms with Crippen LogP contribution in [0.1, 0.15) is 11.1 Å². The lowest BCUT2D eigenvalue weighted by Gasteiger charge is -2.14. The summed E-state index contributed by atoms with van der Waals surface area (Å²) in [6.45, 7) is 3.39. The molecule has 0 aliphatic carbocycles. The standard InChI is InChI=1S/C16H19ClN2O2/c1-12-5-6-18-8-13(12)9-19-10-15(20)11-21-16-4-2-3-14(17)7-16/h2-8,15,19-20H,9-11H2,1H3. The highest BCUT2D eigenvalue weighted by molar-refractivity contribution is 6.30. The van der Waals surface area contributed by atoms with E-state index < -0.39 is 6.10 Å². The smallest absolute Gasteiger partial charge is 0.120 e. The van der Waals surface area contributed by atoms with Gasteiger partial charge in [0.25, 0.3) is 0 Å². The first-order valence-electron chi connectivity index (χ1n) is 6.82. The second-order valence-corrected chi connectivity index (χ2v) is 5.29. The van der Waals surface area contributed by atoms with E-state index in [0.29, 0.717) is 23.9 Å². The Morgan fingerprint density at radius 1 is 1.38 bits per heavy atom. The molecule has 0 fully saturated rings. The van der Waals surface area contributed by atoms with E-state index in [1.54, 1.807) is 18.3 Å². The maximum absolute atomic E-state index is 9.89. The first-order chi connectivity index (χ1) is 10.1. The van der Waals surface area contributed by atoms with E-state index in [1.165, 1.54) is 5.56 Å². The second-order valence-electron chi connectivity index (χ2n) is 4.86. The van der Waals surface area contributed by atoms with Crippen molar-refractivity contribution < 1.29 is 9.84 Å². The maximum atomic E-state index is 9.89. The molecule has 2 N–H and O–H groups in total. The fourth-order valence-electron chi connectivity index (χ4n) is 1.86. The van der Waals surface area contributed by atoms with Gasteiger partial charge in [0, 0.05) is 30.5 Å². The number of benzene rings is 1. The Morgan fingerprint density at radius 3 is 3.00 bits per heavy atom. The van der Waals surface area contributed by atoms with Crippen molar-refractivity contribution in [2.75, 3.05) is 13.2 Å². The summed E-state index contributed by atoms with van der Waals surface area (Å²) < 4.78 is 5.49. The Hall–Kier alpha value is -1.62. The first-order valence-corrected chi connectivity index (χ1v) is 7.19.